The molecule has 1 heterocycles. The van der Waals surface area contributed by atoms with Crippen molar-refractivity contribution in [1.82, 2.24) is 10.2 Å². The third-order valence-corrected chi connectivity index (χ3v) is 6.34. The van der Waals surface area contributed by atoms with E-state index in [-0.39, 0.29) is 17.6 Å². The minimum atomic E-state index is -0.581. The average Bonchev–Trinajstić information content (AvgIpc) is 3.16. The van der Waals surface area contributed by atoms with Crippen LogP contribution in [0.15, 0.2) is 48.5 Å². The molecule has 2 atom stereocenters. The highest BCUT2D eigenvalue weighted by Crippen LogP contribution is 2.42. The minimum Gasteiger partial charge on any atom is -0.354 e. The molecule has 0 spiro atoms. The van der Waals surface area contributed by atoms with Gasteiger partial charge in [0.15, 0.2) is 0 Å². The zero-order valence-electron chi connectivity index (χ0n) is 16.9. The van der Waals surface area contributed by atoms with Crippen molar-refractivity contribution in [2.24, 2.45) is 0 Å². The summed E-state index contributed by atoms with van der Waals surface area (Å²) in [6.07, 6.45) is 3.05. The summed E-state index contributed by atoms with van der Waals surface area (Å²) < 4.78 is 13.8. The molecule has 29 heavy (non-hydrogen) atoms. The van der Waals surface area contributed by atoms with Crippen molar-refractivity contribution in [2.45, 2.75) is 44.5 Å². The van der Waals surface area contributed by atoms with E-state index in [4.69, 9.17) is 0 Å². The number of aryl methyl sites for hydroxylation is 1. The van der Waals surface area contributed by atoms with Crippen LogP contribution in [-0.2, 0) is 4.79 Å². The van der Waals surface area contributed by atoms with Crippen LogP contribution in [-0.4, -0.2) is 35.1 Å². The summed E-state index contributed by atoms with van der Waals surface area (Å²) in [5, 5.41) is 2.57. The van der Waals surface area contributed by atoms with Gasteiger partial charge in [-0.05, 0) is 43.2 Å². The predicted molar refractivity (Wildman–Crippen MR) is 115 cm³/mol. The number of hydrogen-bond donors (Lipinski definition) is 1. The molecule has 0 unspecified atom stereocenters. The van der Waals surface area contributed by atoms with Crippen LogP contribution < -0.4 is 5.32 Å². The first kappa shape index (κ1) is 21.4. The fourth-order valence-corrected chi connectivity index (χ4v) is 4.92. The van der Waals surface area contributed by atoms with Gasteiger partial charge in [0.25, 0.3) is 5.91 Å². The lowest BCUT2D eigenvalue weighted by Crippen LogP contribution is -2.48. The number of rotatable bonds is 7. The molecule has 154 valence electrons. The highest BCUT2D eigenvalue weighted by Gasteiger charge is 2.42. The lowest BCUT2D eigenvalue weighted by atomic mass is 10.1. The molecule has 1 aliphatic heterocycles. The summed E-state index contributed by atoms with van der Waals surface area (Å²) in [6, 6.07) is 13.0. The lowest BCUT2D eigenvalue weighted by molar-refractivity contribution is -0.124. The molecule has 0 bridgehead atoms. The molecule has 4 nitrogen and oxygen atoms in total. The second-order valence-corrected chi connectivity index (χ2v) is 8.45. The van der Waals surface area contributed by atoms with Gasteiger partial charge in [0.1, 0.15) is 17.2 Å². The maximum absolute atomic E-state index is 13.8. The van der Waals surface area contributed by atoms with Crippen LogP contribution in [0.25, 0.3) is 0 Å². The van der Waals surface area contributed by atoms with E-state index in [1.165, 1.54) is 23.9 Å². The third-order valence-electron chi connectivity index (χ3n) is 5.02. The fraction of sp³-hybridized carbons (Fsp3) is 0.391. The van der Waals surface area contributed by atoms with Gasteiger partial charge in [0.2, 0.25) is 5.91 Å². The topological polar surface area (TPSA) is 49.4 Å². The maximum Gasteiger partial charge on any atom is 0.255 e. The minimum absolute atomic E-state index is 0.145. The molecule has 0 aromatic heterocycles. The Morgan fingerprint density at radius 1 is 1.17 bits per heavy atom. The predicted octanol–water partition coefficient (Wildman–Crippen LogP) is 4.70. The zero-order chi connectivity index (χ0) is 20.8. The van der Waals surface area contributed by atoms with E-state index < -0.39 is 11.4 Å². The molecule has 1 saturated heterocycles. The molecular formula is C23H27FN2O2S. The number of carbonyl (C=O) groups excluding carboxylic acids is 2. The Hall–Kier alpha value is -2.34. The first-order valence-electron chi connectivity index (χ1n) is 10.1. The van der Waals surface area contributed by atoms with E-state index >= 15 is 0 Å². The summed E-state index contributed by atoms with van der Waals surface area (Å²) in [6.45, 7) is 4.64. The van der Waals surface area contributed by atoms with Crippen molar-refractivity contribution in [3.05, 3.63) is 71.0 Å². The van der Waals surface area contributed by atoms with E-state index in [0.29, 0.717) is 23.4 Å². The van der Waals surface area contributed by atoms with E-state index in [1.54, 1.807) is 23.1 Å². The van der Waals surface area contributed by atoms with Crippen molar-refractivity contribution >= 4 is 23.6 Å². The fourth-order valence-electron chi connectivity index (χ4n) is 3.50. The summed E-state index contributed by atoms with van der Waals surface area (Å²) >= 11 is 1.50. The van der Waals surface area contributed by atoms with E-state index in [1.807, 2.05) is 25.1 Å². The summed E-state index contributed by atoms with van der Waals surface area (Å²) in [5.41, 5.74) is 2.21. The Labute approximate surface area is 175 Å². The van der Waals surface area contributed by atoms with Gasteiger partial charge in [-0.3, -0.25) is 9.59 Å². The SMILES string of the molecule is CCCCCNC(=O)[C@@H]1CS[C@@H](c2cccc(F)c2)N1C(=O)c1cccc(C)c1. The van der Waals surface area contributed by atoms with Gasteiger partial charge in [-0.2, -0.15) is 0 Å². The van der Waals surface area contributed by atoms with Crippen LogP contribution in [0.2, 0.25) is 0 Å². The van der Waals surface area contributed by atoms with Crippen molar-refractivity contribution in [3.8, 4) is 0 Å². The molecular weight excluding hydrogens is 387 g/mol. The van der Waals surface area contributed by atoms with E-state index in [0.717, 1.165) is 24.8 Å². The van der Waals surface area contributed by atoms with Gasteiger partial charge in [-0.1, -0.05) is 49.6 Å². The number of thioether (sulfide) groups is 1. The van der Waals surface area contributed by atoms with E-state index in [2.05, 4.69) is 12.2 Å². The number of hydrogen-bond acceptors (Lipinski definition) is 3. The molecule has 6 heteroatoms. The second kappa shape index (κ2) is 9.92. The van der Waals surface area contributed by atoms with Crippen LogP contribution in [0.4, 0.5) is 4.39 Å². The molecule has 1 N–H and O–H groups in total. The monoisotopic (exact) mass is 414 g/mol. The van der Waals surface area contributed by atoms with Crippen molar-refractivity contribution in [3.63, 3.8) is 0 Å². The van der Waals surface area contributed by atoms with Crippen molar-refractivity contribution < 1.29 is 14.0 Å². The molecule has 2 aromatic carbocycles. The number of unbranched alkanes of at least 4 members (excludes halogenated alkanes) is 2. The largest absolute Gasteiger partial charge is 0.354 e. The first-order chi connectivity index (χ1) is 14.0. The number of benzene rings is 2. The first-order valence-corrected chi connectivity index (χ1v) is 11.1. The van der Waals surface area contributed by atoms with Crippen LogP contribution in [0.3, 0.4) is 0 Å². The van der Waals surface area contributed by atoms with Gasteiger partial charge in [0.05, 0.1) is 0 Å². The molecule has 2 amide bonds. The third kappa shape index (κ3) is 5.18. The normalized spacial score (nSPS) is 18.7. The van der Waals surface area contributed by atoms with Gasteiger partial charge >= 0.3 is 0 Å². The van der Waals surface area contributed by atoms with Crippen molar-refractivity contribution in [2.75, 3.05) is 12.3 Å². The van der Waals surface area contributed by atoms with Crippen LogP contribution in [0, 0.1) is 12.7 Å². The summed E-state index contributed by atoms with van der Waals surface area (Å²) in [5.74, 6) is -0.216. The lowest BCUT2D eigenvalue weighted by Gasteiger charge is -2.29. The molecule has 0 radical (unpaired) electrons. The smallest absolute Gasteiger partial charge is 0.255 e. The molecule has 1 fully saturated rings. The number of amides is 2. The zero-order valence-corrected chi connectivity index (χ0v) is 17.7. The highest BCUT2D eigenvalue weighted by molar-refractivity contribution is 7.99. The molecule has 2 aromatic rings. The van der Waals surface area contributed by atoms with E-state index in [9.17, 15) is 14.0 Å². The summed E-state index contributed by atoms with van der Waals surface area (Å²) in [4.78, 5) is 27.9. The Balaban J connectivity index is 1.87. The quantitative estimate of drug-likeness (QED) is 0.669. The maximum atomic E-state index is 13.8. The number of nitrogens with zero attached hydrogens (tertiary/aromatic N) is 1. The van der Waals surface area contributed by atoms with Crippen LogP contribution in [0.1, 0.15) is 53.0 Å². The number of halogens is 1. The second-order valence-electron chi connectivity index (χ2n) is 7.34. The number of nitrogens with one attached hydrogen (secondary N) is 1. The molecule has 0 saturated carbocycles. The van der Waals surface area contributed by atoms with Crippen LogP contribution in [0.5, 0.6) is 0 Å². The van der Waals surface area contributed by atoms with Crippen LogP contribution >= 0.6 is 11.8 Å². The molecule has 1 aliphatic rings. The Kier molecular flexibility index (Phi) is 7.31. The van der Waals surface area contributed by atoms with Gasteiger partial charge in [-0.15, -0.1) is 11.8 Å². The Morgan fingerprint density at radius 3 is 2.69 bits per heavy atom. The van der Waals surface area contributed by atoms with Gasteiger partial charge in [-0.25, -0.2) is 4.39 Å². The standard InChI is InChI=1S/C23H27FN2O2S/c1-3-4-5-12-25-21(27)20-15-29-23(18-10-7-11-19(24)14-18)26(20)22(28)17-9-6-8-16(2)13-17/h6-11,13-14,20,23H,3-5,12,15H2,1-2H3,(H,25,27)/t20-,23-/m0/s1. The Morgan fingerprint density at radius 2 is 1.97 bits per heavy atom. The van der Waals surface area contributed by atoms with Gasteiger partial charge < -0.3 is 10.2 Å². The summed E-state index contributed by atoms with van der Waals surface area (Å²) in [7, 11) is 0. The Bertz CT molecular complexity index is 873. The molecule has 3 rings (SSSR count). The molecule has 0 aliphatic carbocycles. The average molecular weight is 415 g/mol. The van der Waals surface area contributed by atoms with Crippen molar-refractivity contribution in [1.29, 1.82) is 0 Å². The van der Waals surface area contributed by atoms with Gasteiger partial charge in [0, 0.05) is 17.9 Å². The number of carbonyl (C=O) groups is 2. The highest BCUT2D eigenvalue weighted by atomic mass is 32.2.